The highest BCUT2D eigenvalue weighted by Gasteiger charge is 2.38. The first kappa shape index (κ1) is 23.0. The van der Waals surface area contributed by atoms with Crippen LogP contribution in [0.25, 0.3) is 0 Å². The molecule has 172 valence electrons. The molecule has 1 fully saturated rings. The first-order valence-corrected chi connectivity index (χ1v) is 8.63. The van der Waals surface area contributed by atoms with Gasteiger partial charge in [0, 0.05) is 18.8 Å². The predicted molar refractivity (Wildman–Crippen MR) is 90.4 cm³/mol. The molecule has 3 N–H and O–H groups in total. The zero-order chi connectivity index (χ0) is 23.7. The minimum atomic E-state index is -5.15. The van der Waals surface area contributed by atoms with Gasteiger partial charge < -0.3 is 20.7 Å². The van der Waals surface area contributed by atoms with Gasteiger partial charge in [-0.15, -0.1) is 13.2 Å². The van der Waals surface area contributed by atoms with Crippen molar-refractivity contribution in [3.63, 3.8) is 0 Å². The molecule has 0 aliphatic carbocycles. The van der Waals surface area contributed by atoms with Gasteiger partial charge in [-0.3, -0.25) is 4.79 Å². The summed E-state index contributed by atoms with van der Waals surface area (Å²) < 4.78 is 93.5. The summed E-state index contributed by atoms with van der Waals surface area (Å²) in [5.74, 6) is -3.36. The number of amides is 3. The van der Waals surface area contributed by atoms with Crippen molar-refractivity contribution in [3.8, 4) is 5.88 Å². The Balaban J connectivity index is 1.96. The fraction of sp³-hybridized carbons (Fsp3) is 0.294. The SMILES string of the molecule is O=C1NCC(C(=O)N[C@H](c2ccc(OC(F)(F)F)nc2)c2ccc(F)c(C(F)(F)F)n2)N1. The van der Waals surface area contributed by atoms with E-state index >= 15 is 0 Å². The monoisotopic (exact) mass is 467 g/mol. The molecule has 0 spiro atoms. The van der Waals surface area contributed by atoms with Crippen molar-refractivity contribution in [3.05, 3.63) is 53.2 Å². The fourth-order valence-electron chi connectivity index (χ4n) is 2.74. The van der Waals surface area contributed by atoms with E-state index in [9.17, 15) is 40.3 Å². The van der Waals surface area contributed by atoms with Crippen LogP contribution in [0.2, 0.25) is 0 Å². The highest BCUT2D eigenvalue weighted by Crippen LogP contribution is 2.32. The molecule has 0 aromatic carbocycles. The van der Waals surface area contributed by atoms with Crippen molar-refractivity contribution >= 4 is 11.9 Å². The summed E-state index contributed by atoms with van der Waals surface area (Å²) in [5, 5.41) is 6.90. The lowest BCUT2D eigenvalue weighted by Gasteiger charge is -2.22. The molecule has 0 radical (unpaired) electrons. The van der Waals surface area contributed by atoms with E-state index in [0.29, 0.717) is 6.07 Å². The topological polar surface area (TPSA) is 105 Å². The van der Waals surface area contributed by atoms with Crippen LogP contribution in [0.15, 0.2) is 30.5 Å². The third-order valence-corrected chi connectivity index (χ3v) is 4.12. The first-order chi connectivity index (χ1) is 14.8. The summed E-state index contributed by atoms with van der Waals surface area (Å²) >= 11 is 0. The molecule has 3 heterocycles. The average Bonchev–Trinajstić information content (AvgIpc) is 3.12. The van der Waals surface area contributed by atoms with E-state index in [4.69, 9.17) is 0 Å². The summed E-state index contributed by atoms with van der Waals surface area (Å²) in [6, 6.07) is -0.102. The van der Waals surface area contributed by atoms with Gasteiger partial charge in [0.05, 0.1) is 11.7 Å². The number of pyridine rings is 2. The smallest absolute Gasteiger partial charge is 0.388 e. The Kier molecular flexibility index (Phi) is 6.09. The van der Waals surface area contributed by atoms with Gasteiger partial charge in [-0.25, -0.2) is 19.2 Å². The van der Waals surface area contributed by atoms with Crippen molar-refractivity contribution < 1.29 is 45.1 Å². The van der Waals surface area contributed by atoms with Crippen molar-refractivity contribution in [2.75, 3.05) is 6.54 Å². The zero-order valence-corrected chi connectivity index (χ0v) is 15.5. The normalized spacial score (nSPS) is 17.3. The number of alkyl halides is 6. The van der Waals surface area contributed by atoms with Crippen LogP contribution < -0.4 is 20.7 Å². The van der Waals surface area contributed by atoms with Crippen LogP contribution >= 0.6 is 0 Å². The van der Waals surface area contributed by atoms with Crippen LogP contribution in [0.1, 0.15) is 23.0 Å². The Hall–Kier alpha value is -3.65. The van der Waals surface area contributed by atoms with Crippen LogP contribution in [-0.2, 0) is 11.0 Å². The van der Waals surface area contributed by atoms with Crippen molar-refractivity contribution in [1.29, 1.82) is 0 Å². The van der Waals surface area contributed by atoms with Gasteiger partial charge in [0.2, 0.25) is 11.8 Å². The predicted octanol–water partition coefficient (Wildman–Crippen LogP) is 2.42. The molecular formula is C17H12F7N5O3. The number of urea groups is 1. The van der Waals surface area contributed by atoms with E-state index in [2.05, 4.69) is 30.7 Å². The Bertz CT molecular complexity index is 1010. The third-order valence-electron chi connectivity index (χ3n) is 4.12. The molecule has 15 heteroatoms. The van der Waals surface area contributed by atoms with E-state index in [1.54, 1.807) is 0 Å². The highest BCUT2D eigenvalue weighted by atomic mass is 19.4. The Labute approximate surface area is 174 Å². The Morgan fingerprint density at radius 2 is 1.88 bits per heavy atom. The van der Waals surface area contributed by atoms with Crippen LogP contribution in [-0.4, -0.2) is 40.9 Å². The summed E-state index contributed by atoms with van der Waals surface area (Å²) in [6.07, 6.45) is -9.37. The largest absolute Gasteiger partial charge is 0.574 e. The van der Waals surface area contributed by atoms with Gasteiger partial charge >= 0.3 is 18.6 Å². The van der Waals surface area contributed by atoms with Gasteiger partial charge in [0.1, 0.15) is 6.04 Å². The summed E-state index contributed by atoms with van der Waals surface area (Å²) in [4.78, 5) is 30.4. The van der Waals surface area contributed by atoms with Gasteiger partial charge in [-0.1, -0.05) is 0 Å². The van der Waals surface area contributed by atoms with E-state index in [1.807, 2.05) is 0 Å². The number of carbonyl (C=O) groups is 2. The average molecular weight is 467 g/mol. The van der Waals surface area contributed by atoms with Crippen LogP contribution in [0.3, 0.4) is 0 Å². The minimum Gasteiger partial charge on any atom is -0.388 e. The molecule has 0 bridgehead atoms. The van der Waals surface area contributed by atoms with Crippen LogP contribution in [0.5, 0.6) is 5.88 Å². The molecule has 1 aliphatic rings. The number of halogens is 7. The maximum Gasteiger partial charge on any atom is 0.574 e. The lowest BCUT2D eigenvalue weighted by Crippen LogP contribution is -2.44. The van der Waals surface area contributed by atoms with E-state index in [-0.39, 0.29) is 12.1 Å². The second kappa shape index (κ2) is 8.47. The minimum absolute atomic E-state index is 0.0858. The van der Waals surface area contributed by atoms with Gasteiger partial charge in [0.15, 0.2) is 11.5 Å². The standard InChI is InChI=1S/C17H12F7N5O3/c18-8-2-3-9(27-13(8)16(19,20)21)12(29-14(30)10-6-26-15(31)28-10)7-1-4-11(25-5-7)32-17(22,23)24/h1-5,10,12H,6H2,(H,29,30)(H2,26,28,31)/t10?,12-/m1/s1. The Morgan fingerprint density at radius 1 is 1.16 bits per heavy atom. The molecular weight excluding hydrogens is 455 g/mol. The number of nitrogens with one attached hydrogen (secondary N) is 3. The highest BCUT2D eigenvalue weighted by molar-refractivity contribution is 5.90. The molecule has 2 aromatic rings. The molecule has 1 aliphatic heterocycles. The number of aromatic nitrogens is 2. The van der Waals surface area contributed by atoms with E-state index in [0.717, 1.165) is 24.4 Å². The third kappa shape index (κ3) is 5.53. The molecule has 1 unspecified atom stereocenters. The molecule has 2 atom stereocenters. The number of nitrogens with zero attached hydrogens (tertiary/aromatic N) is 2. The van der Waals surface area contributed by atoms with Gasteiger partial charge in [-0.05, 0) is 23.8 Å². The number of hydrogen-bond acceptors (Lipinski definition) is 5. The Morgan fingerprint density at radius 3 is 2.41 bits per heavy atom. The van der Waals surface area contributed by atoms with Gasteiger partial charge in [-0.2, -0.15) is 13.2 Å². The molecule has 3 rings (SSSR count). The van der Waals surface area contributed by atoms with Gasteiger partial charge in [0.25, 0.3) is 0 Å². The summed E-state index contributed by atoms with van der Waals surface area (Å²) in [5.41, 5.74) is -2.41. The number of ether oxygens (including phenoxy) is 1. The maximum atomic E-state index is 13.6. The van der Waals surface area contributed by atoms with E-state index in [1.165, 1.54) is 0 Å². The van der Waals surface area contributed by atoms with Crippen molar-refractivity contribution in [1.82, 2.24) is 25.9 Å². The first-order valence-electron chi connectivity index (χ1n) is 8.63. The maximum absolute atomic E-state index is 13.6. The lowest BCUT2D eigenvalue weighted by atomic mass is 10.0. The van der Waals surface area contributed by atoms with E-state index < -0.39 is 59.6 Å². The number of hydrogen-bond donors (Lipinski definition) is 3. The molecule has 8 nitrogen and oxygen atoms in total. The molecule has 0 saturated carbocycles. The molecule has 2 aromatic heterocycles. The number of rotatable bonds is 5. The summed E-state index contributed by atoms with van der Waals surface area (Å²) in [6.45, 7) is -0.126. The summed E-state index contributed by atoms with van der Waals surface area (Å²) in [7, 11) is 0. The van der Waals surface area contributed by atoms with Crippen LogP contribution in [0, 0.1) is 5.82 Å². The van der Waals surface area contributed by atoms with Crippen molar-refractivity contribution in [2.24, 2.45) is 0 Å². The second-order valence-electron chi connectivity index (χ2n) is 6.39. The molecule has 32 heavy (non-hydrogen) atoms. The molecule has 1 saturated heterocycles. The second-order valence-corrected chi connectivity index (χ2v) is 6.39. The van der Waals surface area contributed by atoms with Crippen LogP contribution in [0.4, 0.5) is 35.5 Å². The number of carbonyl (C=O) groups excluding carboxylic acids is 2. The fourth-order valence-corrected chi connectivity index (χ4v) is 2.74. The molecule has 3 amide bonds. The lowest BCUT2D eigenvalue weighted by molar-refractivity contribution is -0.276. The van der Waals surface area contributed by atoms with Crippen molar-refractivity contribution in [2.45, 2.75) is 24.6 Å². The zero-order valence-electron chi connectivity index (χ0n) is 15.5. The quantitative estimate of drug-likeness (QED) is 0.586.